The molecule has 0 amide bonds. The minimum Gasteiger partial charge on any atom is -0.312 e. The third-order valence-electron chi connectivity index (χ3n) is 3.21. The van der Waals surface area contributed by atoms with Crippen LogP contribution in [0.4, 0.5) is 0 Å². The molecule has 0 aromatic carbocycles. The summed E-state index contributed by atoms with van der Waals surface area (Å²) in [6.45, 7) is 7.69. The largest absolute Gasteiger partial charge is 0.312 e. The number of hydrogen-bond acceptors (Lipinski definition) is 4. The highest BCUT2D eigenvalue weighted by atomic mass is 32.1. The third-order valence-corrected chi connectivity index (χ3v) is 4.19. The maximum atomic E-state index is 4.53. The van der Waals surface area contributed by atoms with E-state index < -0.39 is 0 Å². The number of nitrogens with zero attached hydrogens (tertiary/aromatic N) is 2. The molecular formula is C13H23N3S. The first kappa shape index (κ1) is 13.0. The van der Waals surface area contributed by atoms with E-state index in [2.05, 4.69) is 22.1 Å². The lowest BCUT2D eigenvalue weighted by Crippen LogP contribution is -2.23. The van der Waals surface area contributed by atoms with E-state index in [0.29, 0.717) is 0 Å². The Morgan fingerprint density at radius 1 is 1.29 bits per heavy atom. The normalized spacial score (nSPS) is 18.2. The number of likely N-dealkylation sites (tertiary alicyclic amines) is 1. The molecule has 1 fully saturated rings. The van der Waals surface area contributed by atoms with Crippen molar-refractivity contribution in [2.24, 2.45) is 0 Å². The van der Waals surface area contributed by atoms with Gasteiger partial charge in [-0.15, -0.1) is 11.3 Å². The Labute approximate surface area is 108 Å². The molecule has 1 aliphatic rings. The number of thiazole rings is 1. The van der Waals surface area contributed by atoms with Crippen LogP contribution in [0, 0.1) is 0 Å². The molecule has 0 aliphatic carbocycles. The van der Waals surface area contributed by atoms with Crippen molar-refractivity contribution in [1.29, 1.82) is 0 Å². The maximum absolute atomic E-state index is 4.53. The second-order valence-electron chi connectivity index (χ2n) is 4.69. The van der Waals surface area contributed by atoms with E-state index >= 15 is 0 Å². The Morgan fingerprint density at radius 3 is 2.76 bits per heavy atom. The molecule has 1 saturated heterocycles. The average Bonchev–Trinajstić information content (AvgIpc) is 2.61. The van der Waals surface area contributed by atoms with Crippen molar-refractivity contribution in [1.82, 2.24) is 15.2 Å². The van der Waals surface area contributed by atoms with Gasteiger partial charge < -0.3 is 5.32 Å². The van der Waals surface area contributed by atoms with Gasteiger partial charge in [-0.1, -0.05) is 19.8 Å². The first-order valence-electron chi connectivity index (χ1n) is 6.75. The van der Waals surface area contributed by atoms with Crippen LogP contribution in [0.3, 0.4) is 0 Å². The predicted molar refractivity (Wildman–Crippen MR) is 73.2 cm³/mol. The Hall–Kier alpha value is -0.450. The smallest absolute Gasteiger partial charge is 0.107 e. The molecule has 3 nitrogen and oxygen atoms in total. The van der Waals surface area contributed by atoms with Gasteiger partial charge in [0.25, 0.3) is 0 Å². The number of aromatic nitrogens is 1. The first-order chi connectivity index (χ1) is 8.38. The molecule has 2 rings (SSSR count). The summed E-state index contributed by atoms with van der Waals surface area (Å²) in [6, 6.07) is 0. The molecule has 0 bridgehead atoms. The molecule has 0 unspecified atom stereocenters. The van der Waals surface area contributed by atoms with Crippen LogP contribution in [0.25, 0.3) is 0 Å². The summed E-state index contributed by atoms with van der Waals surface area (Å²) in [5.74, 6) is 0. The molecule has 1 aromatic heterocycles. The van der Waals surface area contributed by atoms with Crippen LogP contribution in [0.5, 0.6) is 0 Å². The van der Waals surface area contributed by atoms with Gasteiger partial charge in [0.15, 0.2) is 0 Å². The van der Waals surface area contributed by atoms with E-state index in [0.717, 1.165) is 19.6 Å². The van der Waals surface area contributed by atoms with Crippen LogP contribution in [-0.4, -0.2) is 29.5 Å². The monoisotopic (exact) mass is 253 g/mol. The zero-order chi connectivity index (χ0) is 11.9. The van der Waals surface area contributed by atoms with Gasteiger partial charge in [-0.2, -0.15) is 0 Å². The lowest BCUT2D eigenvalue weighted by atomic mass is 10.2. The van der Waals surface area contributed by atoms with E-state index in [1.807, 2.05) is 17.5 Å². The van der Waals surface area contributed by atoms with Crippen LogP contribution < -0.4 is 5.32 Å². The molecule has 4 heteroatoms. The lowest BCUT2D eigenvalue weighted by Gasteiger charge is -2.17. The summed E-state index contributed by atoms with van der Waals surface area (Å²) in [5.41, 5.74) is 0. The summed E-state index contributed by atoms with van der Waals surface area (Å²) < 4.78 is 0. The van der Waals surface area contributed by atoms with E-state index in [9.17, 15) is 0 Å². The van der Waals surface area contributed by atoms with Gasteiger partial charge in [0, 0.05) is 17.6 Å². The van der Waals surface area contributed by atoms with Gasteiger partial charge in [0.05, 0.1) is 6.54 Å². The quantitative estimate of drug-likeness (QED) is 0.874. The molecule has 2 heterocycles. The Balaban J connectivity index is 1.82. The fraction of sp³-hybridized carbons (Fsp3) is 0.769. The van der Waals surface area contributed by atoms with Crippen LogP contribution in [0.2, 0.25) is 0 Å². The SMILES string of the molecule is CCNCc1cnc(CN2CCCCCC2)s1. The van der Waals surface area contributed by atoms with Gasteiger partial charge in [-0.3, -0.25) is 4.90 Å². The van der Waals surface area contributed by atoms with E-state index in [4.69, 9.17) is 0 Å². The van der Waals surface area contributed by atoms with Crippen molar-refractivity contribution in [2.75, 3.05) is 19.6 Å². The fourth-order valence-corrected chi connectivity index (χ4v) is 3.17. The minimum absolute atomic E-state index is 0.966. The summed E-state index contributed by atoms with van der Waals surface area (Å²) >= 11 is 1.86. The summed E-state index contributed by atoms with van der Waals surface area (Å²) in [7, 11) is 0. The molecule has 1 aromatic rings. The van der Waals surface area contributed by atoms with Gasteiger partial charge in [0.2, 0.25) is 0 Å². The summed E-state index contributed by atoms with van der Waals surface area (Å²) in [5, 5.41) is 4.63. The molecule has 1 aliphatic heterocycles. The predicted octanol–water partition coefficient (Wildman–Crippen LogP) is 2.63. The van der Waals surface area contributed by atoms with Crippen molar-refractivity contribution in [2.45, 2.75) is 45.7 Å². The molecule has 0 radical (unpaired) electrons. The van der Waals surface area contributed by atoms with Gasteiger partial charge in [-0.25, -0.2) is 4.98 Å². The van der Waals surface area contributed by atoms with E-state index in [1.54, 1.807) is 0 Å². The minimum atomic E-state index is 0.966. The van der Waals surface area contributed by atoms with Crippen LogP contribution in [0.15, 0.2) is 6.20 Å². The molecular weight excluding hydrogens is 230 g/mol. The molecule has 0 atom stereocenters. The van der Waals surface area contributed by atoms with Crippen LogP contribution in [-0.2, 0) is 13.1 Å². The molecule has 0 spiro atoms. The topological polar surface area (TPSA) is 28.2 Å². The van der Waals surface area contributed by atoms with Gasteiger partial charge in [-0.05, 0) is 32.5 Å². The van der Waals surface area contributed by atoms with Crippen molar-refractivity contribution in [3.05, 3.63) is 16.1 Å². The molecule has 17 heavy (non-hydrogen) atoms. The summed E-state index contributed by atoms with van der Waals surface area (Å²) in [4.78, 5) is 8.45. The van der Waals surface area contributed by atoms with Gasteiger partial charge in [0.1, 0.15) is 5.01 Å². The number of hydrogen-bond donors (Lipinski definition) is 1. The number of nitrogens with one attached hydrogen (secondary N) is 1. The first-order valence-corrected chi connectivity index (χ1v) is 7.57. The maximum Gasteiger partial charge on any atom is 0.107 e. The van der Waals surface area contributed by atoms with Crippen molar-refractivity contribution < 1.29 is 0 Å². The molecule has 96 valence electrons. The van der Waals surface area contributed by atoms with Crippen LogP contribution >= 0.6 is 11.3 Å². The Kier molecular flexibility index (Phi) is 5.42. The lowest BCUT2D eigenvalue weighted by molar-refractivity contribution is 0.276. The molecule has 1 N–H and O–H groups in total. The van der Waals surface area contributed by atoms with Crippen molar-refractivity contribution >= 4 is 11.3 Å². The fourth-order valence-electron chi connectivity index (χ4n) is 2.24. The third kappa shape index (κ3) is 4.37. The highest BCUT2D eigenvalue weighted by Crippen LogP contribution is 2.17. The molecule has 0 saturated carbocycles. The zero-order valence-corrected chi connectivity index (χ0v) is 11.6. The highest BCUT2D eigenvalue weighted by molar-refractivity contribution is 7.11. The summed E-state index contributed by atoms with van der Waals surface area (Å²) in [6.07, 6.45) is 7.55. The van der Waals surface area contributed by atoms with E-state index in [-0.39, 0.29) is 0 Å². The second-order valence-corrected chi connectivity index (χ2v) is 5.89. The van der Waals surface area contributed by atoms with Crippen LogP contribution in [0.1, 0.15) is 42.5 Å². The highest BCUT2D eigenvalue weighted by Gasteiger charge is 2.11. The van der Waals surface area contributed by atoms with Crippen molar-refractivity contribution in [3.63, 3.8) is 0 Å². The second kappa shape index (κ2) is 7.09. The van der Waals surface area contributed by atoms with E-state index in [1.165, 1.54) is 48.7 Å². The zero-order valence-electron chi connectivity index (χ0n) is 10.7. The average molecular weight is 253 g/mol. The Morgan fingerprint density at radius 2 is 2.06 bits per heavy atom. The standard InChI is InChI=1S/C13H23N3S/c1-2-14-9-12-10-15-13(17-12)11-16-7-5-3-4-6-8-16/h10,14H,2-9,11H2,1H3. The Bertz CT molecular complexity index is 316. The van der Waals surface area contributed by atoms with Gasteiger partial charge >= 0.3 is 0 Å². The van der Waals surface area contributed by atoms with Crippen molar-refractivity contribution in [3.8, 4) is 0 Å². The number of rotatable bonds is 5.